The lowest BCUT2D eigenvalue weighted by atomic mass is 9.82. The van der Waals surface area contributed by atoms with Gasteiger partial charge in [-0.2, -0.15) is 0 Å². The summed E-state index contributed by atoms with van der Waals surface area (Å²) in [6.45, 7) is 4.74. The predicted octanol–water partition coefficient (Wildman–Crippen LogP) is 13.7. The van der Waals surface area contributed by atoms with E-state index in [4.69, 9.17) is 0 Å². The molecule has 2 aromatic heterocycles. The average Bonchev–Trinajstić information content (AvgIpc) is 3.81. The molecule has 3 heteroatoms. The van der Waals surface area contributed by atoms with Gasteiger partial charge in [-0.15, -0.1) is 0 Å². The molecule has 0 bridgehead atoms. The minimum atomic E-state index is -0.107. The third kappa shape index (κ3) is 4.42. The summed E-state index contributed by atoms with van der Waals surface area (Å²) >= 11 is 0. The molecular formula is C51H37N3. The number of nitrogens with zero attached hydrogens (tertiary/aromatic N) is 3. The zero-order valence-electron chi connectivity index (χ0n) is 30.2. The maximum Gasteiger partial charge on any atom is 0.0547 e. The lowest BCUT2D eigenvalue weighted by Crippen LogP contribution is -2.14. The highest BCUT2D eigenvalue weighted by Crippen LogP contribution is 2.51. The van der Waals surface area contributed by atoms with Gasteiger partial charge in [-0.25, -0.2) is 0 Å². The first-order valence-corrected chi connectivity index (χ1v) is 18.8. The van der Waals surface area contributed by atoms with E-state index in [-0.39, 0.29) is 5.41 Å². The highest BCUT2D eigenvalue weighted by Gasteiger charge is 2.36. The molecular weight excluding hydrogens is 655 g/mol. The SMILES string of the molecule is CC1(C)c2ccccc2-c2cc3c(cc21)c1cc(N(c2ccccc2)c2ccccc2)ccc1n3-c1ccc2c(c1)c1ccccc1n2-c1ccccc1. The highest BCUT2D eigenvalue weighted by molar-refractivity contribution is 6.14. The van der Waals surface area contributed by atoms with E-state index in [0.29, 0.717) is 0 Å². The Kier molecular flexibility index (Phi) is 6.60. The molecule has 0 N–H and O–H groups in total. The van der Waals surface area contributed by atoms with E-state index in [0.717, 1.165) is 22.7 Å². The number of hydrogen-bond acceptors (Lipinski definition) is 1. The number of rotatable bonds is 5. The fourth-order valence-corrected chi connectivity index (χ4v) is 9.18. The molecule has 0 spiro atoms. The van der Waals surface area contributed by atoms with Crippen molar-refractivity contribution in [2.75, 3.05) is 4.90 Å². The van der Waals surface area contributed by atoms with Crippen LogP contribution in [0.5, 0.6) is 0 Å². The van der Waals surface area contributed by atoms with Crippen LogP contribution in [0.4, 0.5) is 17.1 Å². The largest absolute Gasteiger partial charge is 0.310 e. The highest BCUT2D eigenvalue weighted by atomic mass is 15.1. The second kappa shape index (κ2) is 11.6. The molecule has 0 radical (unpaired) electrons. The van der Waals surface area contributed by atoms with Crippen LogP contribution < -0.4 is 4.90 Å². The van der Waals surface area contributed by atoms with Crippen LogP contribution in [0.3, 0.4) is 0 Å². The van der Waals surface area contributed by atoms with Gasteiger partial charge in [0, 0.05) is 55.4 Å². The number of aromatic nitrogens is 2. The molecule has 1 aliphatic rings. The second-order valence-corrected chi connectivity index (χ2v) is 15.0. The van der Waals surface area contributed by atoms with Crippen molar-refractivity contribution in [3.63, 3.8) is 0 Å². The zero-order valence-corrected chi connectivity index (χ0v) is 30.2. The quantitative estimate of drug-likeness (QED) is 0.175. The van der Waals surface area contributed by atoms with E-state index in [1.165, 1.54) is 71.6 Å². The van der Waals surface area contributed by atoms with Gasteiger partial charge in [0.05, 0.1) is 22.1 Å². The molecule has 0 saturated carbocycles. The Morgan fingerprint density at radius 1 is 0.352 bits per heavy atom. The molecule has 256 valence electrons. The standard InChI is InChI=1S/C51H37N3/c1-51(2)45-24-14-12-22-39(45)41-33-50-44(32-46(41)51)43-30-37(52(34-16-6-3-7-17-34)35-18-8-4-9-19-35)26-28-49(43)54(50)38-27-29-48-42(31-38)40-23-13-15-25-47(40)53(48)36-20-10-5-11-21-36/h3-33H,1-2H3. The molecule has 2 heterocycles. The van der Waals surface area contributed by atoms with E-state index in [9.17, 15) is 0 Å². The van der Waals surface area contributed by atoms with Gasteiger partial charge in [0.1, 0.15) is 0 Å². The van der Waals surface area contributed by atoms with Crippen molar-refractivity contribution in [2.24, 2.45) is 0 Å². The minimum absolute atomic E-state index is 0.107. The first-order chi connectivity index (χ1) is 26.6. The van der Waals surface area contributed by atoms with E-state index in [1.807, 2.05) is 0 Å². The lowest BCUT2D eigenvalue weighted by Gasteiger charge is -2.25. The van der Waals surface area contributed by atoms with E-state index >= 15 is 0 Å². The van der Waals surface area contributed by atoms with Crippen LogP contribution >= 0.6 is 0 Å². The van der Waals surface area contributed by atoms with Gasteiger partial charge in [0.15, 0.2) is 0 Å². The Hall–Kier alpha value is -6.84. The Morgan fingerprint density at radius 2 is 0.907 bits per heavy atom. The fraction of sp³-hybridized carbons (Fsp3) is 0.0588. The topological polar surface area (TPSA) is 13.1 Å². The predicted molar refractivity (Wildman–Crippen MR) is 227 cm³/mol. The summed E-state index contributed by atoms with van der Waals surface area (Å²) in [5, 5.41) is 4.99. The Morgan fingerprint density at radius 3 is 1.65 bits per heavy atom. The van der Waals surface area contributed by atoms with Crippen molar-refractivity contribution < 1.29 is 0 Å². The van der Waals surface area contributed by atoms with E-state index < -0.39 is 0 Å². The van der Waals surface area contributed by atoms with Crippen LogP contribution in [0.2, 0.25) is 0 Å². The van der Waals surface area contributed by atoms with Gasteiger partial charge < -0.3 is 14.0 Å². The summed E-state index contributed by atoms with van der Waals surface area (Å²) in [5.74, 6) is 0. The molecule has 3 nitrogen and oxygen atoms in total. The van der Waals surface area contributed by atoms with Crippen LogP contribution in [-0.4, -0.2) is 9.13 Å². The molecule has 11 rings (SSSR count). The molecule has 54 heavy (non-hydrogen) atoms. The zero-order chi connectivity index (χ0) is 36.0. The number of fused-ring (bicyclic) bond motifs is 9. The summed E-state index contributed by atoms with van der Waals surface area (Å²) in [7, 11) is 0. The molecule has 1 aliphatic carbocycles. The van der Waals surface area contributed by atoms with E-state index in [1.54, 1.807) is 0 Å². The molecule has 0 aliphatic heterocycles. The van der Waals surface area contributed by atoms with Gasteiger partial charge in [-0.3, -0.25) is 0 Å². The Balaban J connectivity index is 1.21. The van der Waals surface area contributed by atoms with Crippen LogP contribution in [0, 0.1) is 0 Å². The smallest absolute Gasteiger partial charge is 0.0547 e. The molecule has 0 unspecified atom stereocenters. The summed E-state index contributed by atoms with van der Waals surface area (Å²) in [6.07, 6.45) is 0. The lowest BCUT2D eigenvalue weighted by molar-refractivity contribution is 0.661. The van der Waals surface area contributed by atoms with E-state index in [2.05, 4.69) is 216 Å². The van der Waals surface area contributed by atoms with Gasteiger partial charge in [0.25, 0.3) is 0 Å². The Bertz CT molecular complexity index is 3020. The van der Waals surface area contributed by atoms with Gasteiger partial charge in [-0.05, 0) is 113 Å². The summed E-state index contributed by atoms with van der Waals surface area (Å²) in [4.78, 5) is 2.36. The summed E-state index contributed by atoms with van der Waals surface area (Å²) in [6, 6.07) is 68.8. The third-order valence-corrected chi connectivity index (χ3v) is 11.7. The molecule has 0 saturated heterocycles. The Labute approximate surface area is 314 Å². The fourth-order valence-electron chi connectivity index (χ4n) is 9.18. The normalized spacial score (nSPS) is 13.1. The molecule has 0 fully saturated rings. The summed E-state index contributed by atoms with van der Waals surface area (Å²) < 4.78 is 4.88. The van der Waals surface area contributed by atoms with Gasteiger partial charge in [0.2, 0.25) is 0 Å². The van der Waals surface area contributed by atoms with Crippen molar-refractivity contribution >= 4 is 60.7 Å². The molecule has 0 amide bonds. The number of benzene rings is 8. The third-order valence-electron chi connectivity index (χ3n) is 11.7. The number of hydrogen-bond donors (Lipinski definition) is 0. The van der Waals surface area contributed by atoms with Crippen LogP contribution in [0.1, 0.15) is 25.0 Å². The molecule has 8 aromatic carbocycles. The number of para-hydroxylation sites is 4. The summed E-state index contributed by atoms with van der Waals surface area (Å²) in [5.41, 5.74) is 15.8. The van der Waals surface area contributed by atoms with Crippen molar-refractivity contribution in [1.29, 1.82) is 0 Å². The van der Waals surface area contributed by atoms with Crippen molar-refractivity contribution in [2.45, 2.75) is 19.3 Å². The molecule has 10 aromatic rings. The van der Waals surface area contributed by atoms with Crippen molar-refractivity contribution in [3.05, 3.63) is 199 Å². The molecule has 0 atom stereocenters. The maximum atomic E-state index is 2.49. The number of anilines is 3. The van der Waals surface area contributed by atoms with Gasteiger partial charge >= 0.3 is 0 Å². The first kappa shape index (κ1) is 30.8. The first-order valence-electron chi connectivity index (χ1n) is 18.8. The van der Waals surface area contributed by atoms with Crippen molar-refractivity contribution in [1.82, 2.24) is 9.13 Å². The maximum absolute atomic E-state index is 2.49. The van der Waals surface area contributed by atoms with Crippen LogP contribution in [0.25, 0.3) is 66.1 Å². The van der Waals surface area contributed by atoms with Crippen LogP contribution in [0.15, 0.2) is 188 Å². The second-order valence-electron chi connectivity index (χ2n) is 15.0. The van der Waals surface area contributed by atoms with Crippen LogP contribution in [-0.2, 0) is 5.41 Å². The monoisotopic (exact) mass is 691 g/mol. The minimum Gasteiger partial charge on any atom is -0.310 e. The van der Waals surface area contributed by atoms with Crippen molar-refractivity contribution in [3.8, 4) is 22.5 Å². The average molecular weight is 692 g/mol. The van der Waals surface area contributed by atoms with Gasteiger partial charge in [-0.1, -0.05) is 111 Å².